The first-order valence-corrected chi connectivity index (χ1v) is 3.11. The van der Waals surface area contributed by atoms with E-state index in [0.29, 0.717) is 5.82 Å². The van der Waals surface area contributed by atoms with Gasteiger partial charge in [-0.05, 0) is 28.7 Å². The maximum atomic E-state index is 5.34. The number of rotatable bonds is 0. The molecule has 3 nitrogen and oxygen atoms in total. The number of aromatic nitrogens is 2. The van der Waals surface area contributed by atoms with Gasteiger partial charge in [-0.2, -0.15) is 5.10 Å². The lowest BCUT2D eigenvalue weighted by Crippen LogP contribution is -1.93. The maximum absolute atomic E-state index is 5.34. The third kappa shape index (κ3) is 1.06. The van der Waals surface area contributed by atoms with E-state index in [1.54, 1.807) is 6.20 Å². The van der Waals surface area contributed by atoms with E-state index >= 15 is 0 Å². The minimum atomic E-state index is 0.494. The van der Waals surface area contributed by atoms with Gasteiger partial charge in [0.2, 0.25) is 0 Å². The van der Waals surface area contributed by atoms with Gasteiger partial charge < -0.3 is 5.73 Å². The lowest BCUT2D eigenvalue weighted by Gasteiger charge is -1.89. The second-order valence-electron chi connectivity index (χ2n) is 1.26. The van der Waals surface area contributed by atoms with Crippen LogP contribution < -0.4 is 5.73 Å². The third-order valence-electron chi connectivity index (χ3n) is 0.698. The zero-order chi connectivity index (χ0) is 5.98. The molecule has 0 aromatic carbocycles. The molecule has 1 aromatic heterocycles. The Labute approximate surface area is 60.4 Å². The van der Waals surface area contributed by atoms with E-state index in [0.717, 1.165) is 3.57 Å². The molecule has 0 saturated heterocycles. The van der Waals surface area contributed by atoms with Gasteiger partial charge in [0, 0.05) is 0 Å². The maximum Gasteiger partial charge on any atom is 0.159 e. The lowest BCUT2D eigenvalue weighted by atomic mass is 10.6. The zero-order valence-corrected chi connectivity index (χ0v) is 6.16. The fourth-order valence-electron chi connectivity index (χ4n) is 0.327. The molecule has 0 saturated carbocycles. The van der Waals surface area contributed by atoms with Gasteiger partial charge in [0.25, 0.3) is 0 Å². The van der Waals surface area contributed by atoms with Crippen LogP contribution in [0.25, 0.3) is 0 Å². The first-order valence-electron chi connectivity index (χ1n) is 2.03. The highest BCUT2D eigenvalue weighted by Gasteiger charge is 1.89. The molecule has 0 aliphatic carbocycles. The number of nitrogens with two attached hydrogens (primary N) is 1. The van der Waals surface area contributed by atoms with Crippen LogP contribution in [0.4, 0.5) is 5.82 Å². The quantitative estimate of drug-likeness (QED) is 0.654. The molecule has 42 valence electrons. The third-order valence-corrected chi connectivity index (χ3v) is 1.61. The van der Waals surface area contributed by atoms with Crippen LogP contribution in [0.1, 0.15) is 0 Å². The van der Waals surface area contributed by atoms with Crippen molar-refractivity contribution in [1.29, 1.82) is 0 Å². The van der Waals surface area contributed by atoms with Crippen molar-refractivity contribution in [3.8, 4) is 0 Å². The van der Waals surface area contributed by atoms with E-state index < -0.39 is 0 Å². The Hall–Kier alpha value is -0.390. The summed E-state index contributed by atoms with van der Waals surface area (Å²) in [4.78, 5) is 0. The summed E-state index contributed by atoms with van der Waals surface area (Å²) < 4.78 is 0.942. The number of hydrogen-bond donors (Lipinski definition) is 1. The molecule has 0 atom stereocenters. The van der Waals surface area contributed by atoms with Crippen LogP contribution in [0.5, 0.6) is 0 Å². The Bertz CT molecular complexity index is 167. The highest BCUT2D eigenvalue weighted by molar-refractivity contribution is 14.1. The van der Waals surface area contributed by atoms with Crippen molar-refractivity contribution in [1.82, 2.24) is 10.2 Å². The first kappa shape index (κ1) is 5.74. The van der Waals surface area contributed by atoms with Crippen molar-refractivity contribution in [3.63, 3.8) is 0 Å². The molecule has 0 aliphatic rings. The standard InChI is InChI=1S/C4H4IN3/c5-3-1-2-7-8-4(3)6/h1-2H,(H2,6,8). The molecule has 0 radical (unpaired) electrons. The predicted molar refractivity (Wildman–Crippen MR) is 39.2 cm³/mol. The smallest absolute Gasteiger partial charge is 0.159 e. The van der Waals surface area contributed by atoms with E-state index in [1.165, 1.54) is 0 Å². The molecular formula is C4H4IN3. The number of anilines is 1. The molecule has 1 aromatic rings. The zero-order valence-electron chi connectivity index (χ0n) is 4.00. The second kappa shape index (κ2) is 2.25. The Morgan fingerprint density at radius 2 is 2.38 bits per heavy atom. The summed E-state index contributed by atoms with van der Waals surface area (Å²) in [7, 11) is 0. The van der Waals surface area contributed by atoms with Crippen LogP contribution >= 0.6 is 22.6 Å². The molecular weight excluding hydrogens is 217 g/mol. The van der Waals surface area contributed by atoms with E-state index in [9.17, 15) is 0 Å². The van der Waals surface area contributed by atoms with Crippen LogP contribution in [-0.2, 0) is 0 Å². The molecule has 0 spiro atoms. The normalized spacial score (nSPS) is 9.12. The Balaban J connectivity index is 3.13. The molecule has 0 fully saturated rings. The van der Waals surface area contributed by atoms with E-state index in [2.05, 4.69) is 32.8 Å². The van der Waals surface area contributed by atoms with Gasteiger partial charge in [0.15, 0.2) is 5.82 Å². The van der Waals surface area contributed by atoms with E-state index in [-0.39, 0.29) is 0 Å². The van der Waals surface area contributed by atoms with Gasteiger partial charge in [-0.1, -0.05) is 0 Å². The van der Waals surface area contributed by atoms with Crippen molar-refractivity contribution in [3.05, 3.63) is 15.8 Å². The molecule has 0 unspecified atom stereocenters. The van der Waals surface area contributed by atoms with Crippen LogP contribution in [0.15, 0.2) is 12.3 Å². The second-order valence-corrected chi connectivity index (χ2v) is 2.43. The van der Waals surface area contributed by atoms with Gasteiger partial charge in [-0.3, -0.25) is 0 Å². The summed E-state index contributed by atoms with van der Waals surface area (Å²) in [5.41, 5.74) is 5.34. The fraction of sp³-hybridized carbons (Fsp3) is 0. The number of halogens is 1. The molecule has 4 heteroatoms. The van der Waals surface area contributed by atoms with Gasteiger partial charge in [0.1, 0.15) is 0 Å². The lowest BCUT2D eigenvalue weighted by molar-refractivity contribution is 1.03. The summed E-state index contributed by atoms with van der Waals surface area (Å²) in [5, 5.41) is 7.16. The molecule has 8 heavy (non-hydrogen) atoms. The number of hydrogen-bond acceptors (Lipinski definition) is 3. The van der Waals surface area contributed by atoms with Gasteiger partial charge in [-0.25, -0.2) is 0 Å². The summed E-state index contributed by atoms with van der Waals surface area (Å²) in [6.45, 7) is 0. The Morgan fingerprint density at radius 1 is 1.62 bits per heavy atom. The Morgan fingerprint density at radius 3 is 2.75 bits per heavy atom. The summed E-state index contributed by atoms with van der Waals surface area (Å²) in [6.07, 6.45) is 1.61. The van der Waals surface area contributed by atoms with Crippen molar-refractivity contribution in [2.45, 2.75) is 0 Å². The van der Waals surface area contributed by atoms with Crippen molar-refractivity contribution >= 4 is 28.4 Å². The first-order chi connectivity index (χ1) is 3.80. The molecule has 1 heterocycles. The van der Waals surface area contributed by atoms with Crippen LogP contribution in [0.3, 0.4) is 0 Å². The molecule has 1 rings (SSSR count). The summed E-state index contributed by atoms with van der Waals surface area (Å²) in [5.74, 6) is 0.494. The molecule has 0 aliphatic heterocycles. The predicted octanol–water partition coefficient (Wildman–Crippen LogP) is 0.663. The molecule has 2 N–H and O–H groups in total. The van der Waals surface area contributed by atoms with Gasteiger partial charge in [0.05, 0.1) is 9.77 Å². The van der Waals surface area contributed by atoms with Crippen LogP contribution in [-0.4, -0.2) is 10.2 Å². The topological polar surface area (TPSA) is 51.8 Å². The highest BCUT2D eigenvalue weighted by atomic mass is 127. The minimum absolute atomic E-state index is 0.494. The van der Waals surface area contributed by atoms with Crippen molar-refractivity contribution in [2.24, 2.45) is 0 Å². The fourth-order valence-corrected chi connectivity index (χ4v) is 0.596. The SMILES string of the molecule is Nc1nnccc1I. The largest absolute Gasteiger partial charge is 0.381 e. The average molecular weight is 221 g/mol. The van der Waals surface area contributed by atoms with Gasteiger partial charge in [-0.15, -0.1) is 5.10 Å². The highest BCUT2D eigenvalue weighted by Crippen LogP contribution is 2.06. The summed E-state index contributed by atoms with van der Waals surface area (Å²) >= 11 is 2.10. The summed E-state index contributed by atoms with van der Waals surface area (Å²) in [6, 6.07) is 1.81. The van der Waals surface area contributed by atoms with Gasteiger partial charge >= 0.3 is 0 Å². The molecule has 0 bridgehead atoms. The van der Waals surface area contributed by atoms with E-state index in [4.69, 9.17) is 5.73 Å². The Kier molecular flexibility index (Phi) is 1.62. The van der Waals surface area contributed by atoms with Crippen LogP contribution in [0, 0.1) is 3.57 Å². The van der Waals surface area contributed by atoms with Crippen LogP contribution in [0.2, 0.25) is 0 Å². The van der Waals surface area contributed by atoms with Crippen molar-refractivity contribution in [2.75, 3.05) is 5.73 Å². The van der Waals surface area contributed by atoms with E-state index in [1.807, 2.05) is 6.07 Å². The monoisotopic (exact) mass is 221 g/mol. The minimum Gasteiger partial charge on any atom is -0.381 e. The number of nitrogen functional groups attached to an aromatic ring is 1. The van der Waals surface area contributed by atoms with Crippen molar-refractivity contribution < 1.29 is 0 Å². The average Bonchev–Trinajstić information content (AvgIpc) is 1.77. The molecule has 0 amide bonds. The number of nitrogens with zero attached hydrogens (tertiary/aromatic N) is 2.